The largest absolute Gasteiger partial charge is 0.374 e. The highest BCUT2D eigenvalue weighted by Gasteiger charge is 2.44. The molecule has 2 aliphatic rings. The average Bonchev–Trinajstić information content (AvgIpc) is 3.02. The number of carbonyl (C=O) groups is 1. The van der Waals surface area contributed by atoms with E-state index in [1.165, 1.54) is 0 Å². The van der Waals surface area contributed by atoms with Crippen LogP contribution in [0.25, 0.3) is 0 Å². The monoisotopic (exact) mass is 264 g/mol. The lowest BCUT2D eigenvalue weighted by molar-refractivity contribution is -0.119. The zero-order chi connectivity index (χ0) is 13.6. The second-order valence-corrected chi connectivity index (χ2v) is 6.04. The molecule has 2 fully saturated rings. The van der Waals surface area contributed by atoms with E-state index in [4.69, 9.17) is 9.26 Å². The Morgan fingerprint density at radius 3 is 2.68 bits per heavy atom. The van der Waals surface area contributed by atoms with Crippen LogP contribution in [0.4, 0.5) is 0 Å². The third-order valence-electron chi connectivity index (χ3n) is 4.27. The molecular weight excluding hydrogens is 244 g/mol. The van der Waals surface area contributed by atoms with Gasteiger partial charge in [0.1, 0.15) is 5.78 Å². The fourth-order valence-electron chi connectivity index (χ4n) is 3.36. The van der Waals surface area contributed by atoms with Gasteiger partial charge in [-0.2, -0.15) is 4.98 Å². The third kappa shape index (κ3) is 2.20. The second kappa shape index (κ2) is 4.71. The number of rotatable bonds is 4. The predicted octanol–water partition coefficient (Wildman–Crippen LogP) is 2.43. The molecule has 0 aliphatic carbocycles. The summed E-state index contributed by atoms with van der Waals surface area (Å²) in [6.07, 6.45) is 3.82. The van der Waals surface area contributed by atoms with Crippen LogP contribution in [0.3, 0.4) is 0 Å². The summed E-state index contributed by atoms with van der Waals surface area (Å²) in [6, 6.07) is 0. The highest BCUT2D eigenvalue weighted by atomic mass is 16.5. The molecule has 5 nitrogen and oxygen atoms in total. The summed E-state index contributed by atoms with van der Waals surface area (Å²) in [7, 11) is 0. The summed E-state index contributed by atoms with van der Waals surface area (Å²) >= 11 is 0. The Morgan fingerprint density at radius 2 is 2.16 bits per heavy atom. The van der Waals surface area contributed by atoms with Crippen LogP contribution in [0.5, 0.6) is 0 Å². The number of carbonyl (C=O) groups excluding carboxylic acids is 1. The van der Waals surface area contributed by atoms with Crippen molar-refractivity contribution in [3.05, 3.63) is 11.7 Å². The SMILES string of the molecule is CC(=O)C(c1nc(C2CC3CCC2O3)no1)C(C)C. The summed E-state index contributed by atoms with van der Waals surface area (Å²) in [5.41, 5.74) is 0. The molecule has 3 heterocycles. The number of hydrogen-bond donors (Lipinski definition) is 0. The Balaban J connectivity index is 1.81. The first kappa shape index (κ1) is 12.8. The normalized spacial score (nSPS) is 31.1. The summed E-state index contributed by atoms with van der Waals surface area (Å²) in [6.45, 7) is 5.57. The first-order chi connectivity index (χ1) is 9.06. The van der Waals surface area contributed by atoms with E-state index in [9.17, 15) is 4.79 Å². The topological polar surface area (TPSA) is 65.2 Å². The highest BCUT2D eigenvalue weighted by molar-refractivity contribution is 5.82. The molecule has 2 aliphatic heterocycles. The van der Waals surface area contributed by atoms with E-state index in [1.54, 1.807) is 6.92 Å². The van der Waals surface area contributed by atoms with Gasteiger partial charge in [-0.1, -0.05) is 19.0 Å². The van der Waals surface area contributed by atoms with Crippen LogP contribution in [0, 0.1) is 5.92 Å². The van der Waals surface area contributed by atoms with Gasteiger partial charge < -0.3 is 9.26 Å². The van der Waals surface area contributed by atoms with E-state index in [1.807, 2.05) is 13.8 Å². The van der Waals surface area contributed by atoms with Gasteiger partial charge in [0.15, 0.2) is 5.82 Å². The van der Waals surface area contributed by atoms with E-state index < -0.39 is 0 Å². The van der Waals surface area contributed by atoms with Gasteiger partial charge in [0.2, 0.25) is 5.89 Å². The number of aromatic nitrogens is 2. The van der Waals surface area contributed by atoms with Crippen molar-refractivity contribution in [3.63, 3.8) is 0 Å². The molecule has 19 heavy (non-hydrogen) atoms. The molecule has 0 saturated carbocycles. The lowest BCUT2D eigenvalue weighted by Gasteiger charge is -2.14. The Kier molecular flexibility index (Phi) is 3.17. The van der Waals surface area contributed by atoms with Gasteiger partial charge in [0, 0.05) is 0 Å². The number of ether oxygens (including phenoxy) is 1. The number of Topliss-reactive ketones (excluding diaryl/α,β-unsaturated/α-hetero) is 1. The maximum absolute atomic E-state index is 11.7. The van der Waals surface area contributed by atoms with Crippen molar-refractivity contribution >= 4 is 5.78 Å². The fraction of sp³-hybridized carbons (Fsp3) is 0.786. The molecule has 1 aromatic heterocycles. The van der Waals surface area contributed by atoms with Crippen molar-refractivity contribution in [3.8, 4) is 0 Å². The number of nitrogens with zero attached hydrogens (tertiary/aromatic N) is 2. The lowest BCUT2D eigenvalue weighted by Crippen LogP contribution is -2.17. The molecule has 0 amide bonds. The van der Waals surface area contributed by atoms with Crippen LogP contribution < -0.4 is 0 Å². The van der Waals surface area contributed by atoms with Gasteiger partial charge in [0.05, 0.1) is 24.0 Å². The van der Waals surface area contributed by atoms with Gasteiger partial charge in [-0.25, -0.2) is 0 Å². The van der Waals surface area contributed by atoms with Gasteiger partial charge in [-0.3, -0.25) is 4.79 Å². The second-order valence-electron chi connectivity index (χ2n) is 6.04. The number of hydrogen-bond acceptors (Lipinski definition) is 5. The number of fused-ring (bicyclic) bond motifs is 2. The Bertz CT molecular complexity index is 483. The molecule has 3 rings (SSSR count). The Labute approximate surface area is 112 Å². The van der Waals surface area contributed by atoms with Crippen molar-refractivity contribution < 1.29 is 14.1 Å². The zero-order valence-electron chi connectivity index (χ0n) is 11.6. The molecule has 5 heteroatoms. The smallest absolute Gasteiger partial charge is 0.237 e. The molecule has 4 unspecified atom stereocenters. The van der Waals surface area contributed by atoms with Crippen LogP contribution in [-0.2, 0) is 9.53 Å². The first-order valence-corrected chi connectivity index (χ1v) is 7.05. The van der Waals surface area contributed by atoms with Crippen LogP contribution in [0.1, 0.15) is 63.6 Å². The van der Waals surface area contributed by atoms with Crippen LogP contribution >= 0.6 is 0 Å². The van der Waals surface area contributed by atoms with Crippen molar-refractivity contribution in [2.24, 2.45) is 5.92 Å². The molecule has 0 aromatic carbocycles. The summed E-state index contributed by atoms with van der Waals surface area (Å²) in [4.78, 5) is 16.2. The van der Waals surface area contributed by atoms with E-state index in [-0.39, 0.29) is 29.6 Å². The molecule has 0 radical (unpaired) electrons. The van der Waals surface area contributed by atoms with E-state index in [2.05, 4.69) is 10.1 Å². The van der Waals surface area contributed by atoms with Gasteiger partial charge >= 0.3 is 0 Å². The lowest BCUT2D eigenvalue weighted by atomic mass is 9.88. The average molecular weight is 264 g/mol. The minimum Gasteiger partial charge on any atom is -0.374 e. The molecule has 0 N–H and O–H groups in total. The van der Waals surface area contributed by atoms with Gasteiger partial charge in [-0.15, -0.1) is 0 Å². The highest BCUT2D eigenvalue weighted by Crippen LogP contribution is 2.43. The molecular formula is C14H20N2O3. The minimum absolute atomic E-state index is 0.0781. The molecule has 0 spiro atoms. The maximum atomic E-state index is 11.7. The van der Waals surface area contributed by atoms with Gasteiger partial charge in [-0.05, 0) is 32.1 Å². The van der Waals surface area contributed by atoms with Crippen LogP contribution in [0.2, 0.25) is 0 Å². The van der Waals surface area contributed by atoms with Crippen LogP contribution in [-0.4, -0.2) is 28.1 Å². The zero-order valence-corrected chi connectivity index (χ0v) is 11.6. The van der Waals surface area contributed by atoms with E-state index >= 15 is 0 Å². The summed E-state index contributed by atoms with van der Waals surface area (Å²) < 4.78 is 11.1. The molecule has 4 atom stereocenters. The molecule has 2 saturated heterocycles. The fourth-order valence-corrected chi connectivity index (χ4v) is 3.36. The standard InChI is InChI=1S/C14H20N2O3/c1-7(2)12(8(3)17)14-15-13(16-19-14)10-6-9-4-5-11(10)18-9/h7,9-12H,4-6H2,1-3H3. The van der Waals surface area contributed by atoms with Crippen LogP contribution in [0.15, 0.2) is 4.52 Å². The molecule has 104 valence electrons. The van der Waals surface area contributed by atoms with Crippen molar-refractivity contribution in [2.75, 3.05) is 0 Å². The quantitative estimate of drug-likeness (QED) is 0.835. The molecule has 1 aromatic rings. The maximum Gasteiger partial charge on any atom is 0.237 e. The summed E-state index contributed by atoms with van der Waals surface area (Å²) in [5, 5.41) is 4.08. The van der Waals surface area contributed by atoms with Crippen molar-refractivity contribution in [1.82, 2.24) is 10.1 Å². The summed E-state index contributed by atoms with van der Waals surface area (Å²) in [5.74, 6) is 1.38. The van der Waals surface area contributed by atoms with Crippen molar-refractivity contribution in [1.29, 1.82) is 0 Å². The van der Waals surface area contributed by atoms with Crippen molar-refractivity contribution in [2.45, 2.75) is 64.1 Å². The molecule has 2 bridgehead atoms. The first-order valence-electron chi connectivity index (χ1n) is 7.05. The van der Waals surface area contributed by atoms with E-state index in [0.717, 1.165) is 19.3 Å². The van der Waals surface area contributed by atoms with E-state index in [0.29, 0.717) is 17.8 Å². The van der Waals surface area contributed by atoms with Gasteiger partial charge in [0.25, 0.3) is 0 Å². The minimum atomic E-state index is -0.291. The third-order valence-corrected chi connectivity index (χ3v) is 4.27. The predicted molar refractivity (Wildman–Crippen MR) is 67.8 cm³/mol. The Hall–Kier alpha value is -1.23. The number of ketones is 1. The Morgan fingerprint density at radius 1 is 1.37 bits per heavy atom.